The zero-order chi connectivity index (χ0) is 17.6. The van der Waals surface area contributed by atoms with Crippen LogP contribution in [0.1, 0.15) is 41.9 Å². The number of nitrogens with zero attached hydrogens (tertiary/aromatic N) is 1. The van der Waals surface area contributed by atoms with E-state index in [9.17, 15) is 14.7 Å². The van der Waals surface area contributed by atoms with Crippen LogP contribution in [0.4, 0.5) is 0 Å². The highest BCUT2D eigenvalue weighted by Crippen LogP contribution is 2.39. The van der Waals surface area contributed by atoms with Crippen molar-refractivity contribution in [2.24, 2.45) is 11.3 Å². The number of benzene rings is 1. The lowest BCUT2D eigenvalue weighted by atomic mass is 9.76. The summed E-state index contributed by atoms with van der Waals surface area (Å²) < 4.78 is 5.73. The van der Waals surface area contributed by atoms with Crippen LogP contribution in [0.3, 0.4) is 0 Å². The molecular formula is C19H23NO4. The van der Waals surface area contributed by atoms with Crippen molar-refractivity contribution in [2.75, 3.05) is 13.1 Å². The van der Waals surface area contributed by atoms with Crippen LogP contribution in [0.2, 0.25) is 0 Å². The molecule has 128 valence electrons. The summed E-state index contributed by atoms with van der Waals surface area (Å²) >= 11 is 0. The van der Waals surface area contributed by atoms with E-state index in [4.69, 9.17) is 4.42 Å². The van der Waals surface area contributed by atoms with Crippen molar-refractivity contribution < 1.29 is 19.1 Å². The Kier molecular flexibility index (Phi) is 3.90. The first kappa shape index (κ1) is 16.6. The predicted molar refractivity (Wildman–Crippen MR) is 91.1 cm³/mol. The van der Waals surface area contributed by atoms with Gasteiger partial charge in [0.1, 0.15) is 5.58 Å². The Morgan fingerprint density at radius 3 is 2.46 bits per heavy atom. The standard InChI is InChI=1S/C19H23NO4/c1-11(2)19(18(22)23)5-6-20(10-19)17(21)16-9-14-7-12(3)13(4)8-15(14)24-16/h7-9,11H,5-6,10H2,1-4H3,(H,22,23). The third-order valence-corrected chi connectivity index (χ3v) is 5.46. The van der Waals surface area contributed by atoms with E-state index < -0.39 is 11.4 Å². The van der Waals surface area contributed by atoms with E-state index in [1.54, 1.807) is 11.0 Å². The summed E-state index contributed by atoms with van der Waals surface area (Å²) in [5.74, 6) is -0.817. The number of aliphatic carboxylic acids is 1. The van der Waals surface area contributed by atoms with Gasteiger partial charge in [-0.15, -0.1) is 0 Å². The maximum atomic E-state index is 12.8. The third-order valence-electron chi connectivity index (χ3n) is 5.46. The summed E-state index contributed by atoms with van der Waals surface area (Å²) in [6.07, 6.45) is 0.476. The molecule has 0 saturated carbocycles. The highest BCUT2D eigenvalue weighted by Gasteiger charge is 2.48. The highest BCUT2D eigenvalue weighted by atomic mass is 16.4. The SMILES string of the molecule is Cc1cc2cc(C(=O)N3CCC(C(=O)O)(C(C)C)C3)oc2cc1C. The quantitative estimate of drug-likeness (QED) is 0.933. The number of carboxylic acid groups (broad SMARTS) is 1. The maximum absolute atomic E-state index is 12.8. The van der Waals surface area contributed by atoms with Crippen molar-refractivity contribution >= 4 is 22.8 Å². The number of carbonyl (C=O) groups is 2. The first-order valence-electron chi connectivity index (χ1n) is 8.28. The number of fused-ring (bicyclic) bond motifs is 1. The molecule has 2 aromatic rings. The first-order valence-corrected chi connectivity index (χ1v) is 8.28. The van der Waals surface area contributed by atoms with Gasteiger partial charge < -0.3 is 14.4 Å². The third kappa shape index (κ3) is 2.48. The molecule has 0 aliphatic carbocycles. The van der Waals surface area contributed by atoms with E-state index in [-0.39, 0.29) is 24.1 Å². The Morgan fingerprint density at radius 1 is 1.21 bits per heavy atom. The molecule has 1 aliphatic rings. The molecule has 0 radical (unpaired) electrons. The predicted octanol–water partition coefficient (Wildman–Crippen LogP) is 3.62. The molecule has 1 amide bonds. The number of furan rings is 1. The average molecular weight is 329 g/mol. The molecule has 1 N–H and O–H groups in total. The number of amides is 1. The number of likely N-dealkylation sites (tertiary alicyclic amines) is 1. The molecule has 1 aromatic carbocycles. The van der Waals surface area contributed by atoms with Crippen LogP contribution in [-0.4, -0.2) is 35.0 Å². The van der Waals surface area contributed by atoms with E-state index in [1.165, 1.54) is 0 Å². The fourth-order valence-electron chi connectivity index (χ4n) is 3.46. The molecule has 5 nitrogen and oxygen atoms in total. The number of hydrogen-bond acceptors (Lipinski definition) is 3. The molecule has 2 heterocycles. The van der Waals surface area contributed by atoms with Crippen molar-refractivity contribution in [3.05, 3.63) is 35.1 Å². The van der Waals surface area contributed by atoms with Gasteiger partial charge in [0.05, 0.1) is 5.41 Å². The fraction of sp³-hybridized carbons (Fsp3) is 0.474. The van der Waals surface area contributed by atoms with E-state index in [0.717, 1.165) is 16.5 Å². The molecule has 1 atom stereocenters. The second-order valence-corrected chi connectivity index (χ2v) is 7.18. The summed E-state index contributed by atoms with van der Waals surface area (Å²) in [5, 5.41) is 10.5. The normalized spacial score (nSPS) is 21.0. The minimum Gasteiger partial charge on any atom is -0.481 e. The lowest BCUT2D eigenvalue weighted by Crippen LogP contribution is -2.40. The Balaban J connectivity index is 1.89. The molecule has 5 heteroatoms. The molecule has 0 spiro atoms. The van der Waals surface area contributed by atoms with Crippen LogP contribution in [0.25, 0.3) is 11.0 Å². The van der Waals surface area contributed by atoms with Crippen molar-refractivity contribution in [3.8, 4) is 0 Å². The van der Waals surface area contributed by atoms with Crippen LogP contribution in [-0.2, 0) is 4.79 Å². The van der Waals surface area contributed by atoms with Crippen LogP contribution < -0.4 is 0 Å². The van der Waals surface area contributed by atoms with Crippen molar-refractivity contribution in [3.63, 3.8) is 0 Å². The van der Waals surface area contributed by atoms with Gasteiger partial charge in [-0.3, -0.25) is 9.59 Å². The summed E-state index contributed by atoms with van der Waals surface area (Å²) in [6.45, 7) is 8.49. The van der Waals surface area contributed by atoms with Gasteiger partial charge in [-0.2, -0.15) is 0 Å². The molecule has 1 aromatic heterocycles. The summed E-state index contributed by atoms with van der Waals surface area (Å²) in [7, 11) is 0. The van der Waals surface area contributed by atoms with Crippen molar-refractivity contribution in [2.45, 2.75) is 34.1 Å². The van der Waals surface area contributed by atoms with Crippen LogP contribution in [0, 0.1) is 25.2 Å². The number of carboxylic acids is 1. The largest absolute Gasteiger partial charge is 0.481 e. The molecule has 1 saturated heterocycles. The molecule has 3 rings (SSSR count). The van der Waals surface area contributed by atoms with Gasteiger partial charge in [-0.25, -0.2) is 0 Å². The zero-order valence-corrected chi connectivity index (χ0v) is 14.5. The Morgan fingerprint density at radius 2 is 1.88 bits per heavy atom. The Hall–Kier alpha value is -2.30. The van der Waals surface area contributed by atoms with Gasteiger partial charge in [0, 0.05) is 18.5 Å². The lowest BCUT2D eigenvalue weighted by Gasteiger charge is -2.28. The minimum absolute atomic E-state index is 0.0335. The summed E-state index contributed by atoms with van der Waals surface area (Å²) in [4.78, 5) is 26.1. The number of rotatable bonds is 3. The molecule has 24 heavy (non-hydrogen) atoms. The minimum atomic E-state index is -0.866. The molecule has 0 bridgehead atoms. The maximum Gasteiger partial charge on any atom is 0.311 e. The monoisotopic (exact) mass is 329 g/mol. The smallest absolute Gasteiger partial charge is 0.311 e. The van der Waals surface area contributed by atoms with Crippen LogP contribution >= 0.6 is 0 Å². The van der Waals surface area contributed by atoms with E-state index in [1.807, 2.05) is 39.8 Å². The second-order valence-electron chi connectivity index (χ2n) is 7.18. The summed E-state index contributed by atoms with van der Waals surface area (Å²) in [6, 6.07) is 5.69. The Labute approximate surface area is 141 Å². The number of aryl methyl sites for hydroxylation is 2. The van der Waals surface area contributed by atoms with Crippen molar-refractivity contribution in [1.29, 1.82) is 0 Å². The fourth-order valence-corrected chi connectivity index (χ4v) is 3.46. The number of carbonyl (C=O) groups excluding carboxylic acids is 1. The molecular weight excluding hydrogens is 306 g/mol. The molecule has 1 unspecified atom stereocenters. The summed E-state index contributed by atoms with van der Waals surface area (Å²) in [5.41, 5.74) is 2.08. The van der Waals surface area contributed by atoms with E-state index in [0.29, 0.717) is 18.5 Å². The van der Waals surface area contributed by atoms with Gasteiger partial charge in [0.15, 0.2) is 5.76 Å². The second kappa shape index (κ2) is 5.65. The lowest BCUT2D eigenvalue weighted by molar-refractivity contribution is -0.150. The van der Waals surface area contributed by atoms with Gasteiger partial charge in [0.25, 0.3) is 5.91 Å². The topological polar surface area (TPSA) is 70.8 Å². The van der Waals surface area contributed by atoms with Gasteiger partial charge in [0.2, 0.25) is 0 Å². The van der Waals surface area contributed by atoms with Gasteiger partial charge in [-0.05, 0) is 55.5 Å². The van der Waals surface area contributed by atoms with Crippen LogP contribution in [0.15, 0.2) is 22.6 Å². The van der Waals surface area contributed by atoms with Gasteiger partial charge >= 0.3 is 5.97 Å². The number of hydrogen-bond donors (Lipinski definition) is 1. The van der Waals surface area contributed by atoms with Crippen molar-refractivity contribution in [1.82, 2.24) is 4.90 Å². The molecule has 1 fully saturated rings. The first-order chi connectivity index (χ1) is 11.2. The Bertz CT molecular complexity index is 781. The zero-order valence-electron chi connectivity index (χ0n) is 14.5. The molecule has 1 aliphatic heterocycles. The highest BCUT2D eigenvalue weighted by molar-refractivity contribution is 5.97. The van der Waals surface area contributed by atoms with E-state index in [2.05, 4.69) is 0 Å². The average Bonchev–Trinajstić information content (AvgIpc) is 3.12. The van der Waals surface area contributed by atoms with E-state index >= 15 is 0 Å². The van der Waals surface area contributed by atoms with Crippen LogP contribution in [0.5, 0.6) is 0 Å². The van der Waals surface area contributed by atoms with Gasteiger partial charge in [-0.1, -0.05) is 13.8 Å².